The summed E-state index contributed by atoms with van der Waals surface area (Å²) in [6.07, 6.45) is 2.09. The molecular formula is C16H23N3O2S. The Kier molecular flexibility index (Phi) is 5.11. The average molecular weight is 321 g/mol. The Morgan fingerprint density at radius 3 is 2.82 bits per heavy atom. The monoisotopic (exact) mass is 321 g/mol. The van der Waals surface area contributed by atoms with Gasteiger partial charge in [-0.3, -0.25) is 9.59 Å². The molecule has 5 nitrogen and oxygen atoms in total. The Bertz CT molecular complexity index is 569. The summed E-state index contributed by atoms with van der Waals surface area (Å²) < 4.78 is 0. The van der Waals surface area contributed by atoms with Crippen molar-refractivity contribution in [2.45, 2.75) is 40.2 Å². The summed E-state index contributed by atoms with van der Waals surface area (Å²) in [5.74, 6) is 1.65. The van der Waals surface area contributed by atoms with Gasteiger partial charge < -0.3 is 10.2 Å². The molecule has 0 aliphatic carbocycles. The molecule has 0 saturated carbocycles. The van der Waals surface area contributed by atoms with Crippen LogP contribution in [0.5, 0.6) is 0 Å². The fraction of sp³-hybridized carbons (Fsp3) is 0.562. The molecule has 0 bridgehead atoms. The van der Waals surface area contributed by atoms with Crippen LogP contribution in [-0.4, -0.2) is 39.4 Å². The molecule has 0 aromatic carbocycles. The maximum atomic E-state index is 12.5. The molecule has 0 radical (unpaired) electrons. The summed E-state index contributed by atoms with van der Waals surface area (Å²) in [5.41, 5.74) is 0.831. The maximum absolute atomic E-state index is 12.5. The molecule has 0 spiro atoms. The minimum atomic E-state index is -0.416. The third-order valence-corrected chi connectivity index (χ3v) is 4.45. The van der Waals surface area contributed by atoms with Crippen LogP contribution in [0, 0.1) is 12.3 Å². The highest BCUT2D eigenvalue weighted by atomic mass is 32.2. The highest BCUT2D eigenvalue weighted by Gasteiger charge is 2.36. The highest BCUT2D eigenvalue weighted by molar-refractivity contribution is 7.99. The lowest BCUT2D eigenvalue weighted by Gasteiger charge is -2.26. The van der Waals surface area contributed by atoms with Crippen LogP contribution in [0.25, 0.3) is 0 Å². The summed E-state index contributed by atoms with van der Waals surface area (Å²) in [4.78, 5) is 30.8. The minimum absolute atomic E-state index is 0.0374. The van der Waals surface area contributed by atoms with Crippen molar-refractivity contribution in [1.82, 2.24) is 9.88 Å². The molecule has 0 unspecified atom stereocenters. The molecule has 1 fully saturated rings. The number of aryl methyl sites for hydroxylation is 1. The number of rotatable bonds is 3. The van der Waals surface area contributed by atoms with Gasteiger partial charge in [0.25, 0.3) is 0 Å². The van der Waals surface area contributed by atoms with Crippen molar-refractivity contribution >= 4 is 29.4 Å². The number of thioether (sulfide) groups is 1. The van der Waals surface area contributed by atoms with Crippen LogP contribution < -0.4 is 5.32 Å². The first kappa shape index (κ1) is 16.8. The topological polar surface area (TPSA) is 62.3 Å². The zero-order valence-electron chi connectivity index (χ0n) is 13.5. The van der Waals surface area contributed by atoms with Crippen LogP contribution in [0.15, 0.2) is 18.3 Å². The number of pyridine rings is 1. The number of carbonyl (C=O) groups is 2. The molecule has 1 saturated heterocycles. The van der Waals surface area contributed by atoms with Gasteiger partial charge in [0.2, 0.25) is 11.8 Å². The van der Waals surface area contributed by atoms with Crippen molar-refractivity contribution in [3.8, 4) is 0 Å². The summed E-state index contributed by atoms with van der Waals surface area (Å²) in [5, 5.41) is 2.84. The number of nitrogens with zero attached hydrogens (tertiary/aromatic N) is 2. The van der Waals surface area contributed by atoms with Crippen molar-refractivity contribution < 1.29 is 9.59 Å². The van der Waals surface area contributed by atoms with E-state index in [0.29, 0.717) is 23.9 Å². The third-order valence-electron chi connectivity index (χ3n) is 3.44. The van der Waals surface area contributed by atoms with Crippen LogP contribution in [0.1, 0.15) is 32.8 Å². The Morgan fingerprint density at radius 2 is 2.18 bits per heavy atom. The van der Waals surface area contributed by atoms with Gasteiger partial charge in [-0.2, -0.15) is 0 Å². The van der Waals surface area contributed by atoms with Crippen LogP contribution >= 0.6 is 11.8 Å². The van der Waals surface area contributed by atoms with E-state index in [-0.39, 0.29) is 17.2 Å². The number of hydrogen-bond donors (Lipinski definition) is 1. The van der Waals surface area contributed by atoms with Crippen molar-refractivity contribution in [3.05, 3.63) is 23.9 Å². The largest absolute Gasteiger partial charge is 0.321 e. The molecule has 1 atom stereocenters. The van der Waals surface area contributed by atoms with Gasteiger partial charge >= 0.3 is 0 Å². The van der Waals surface area contributed by atoms with E-state index in [2.05, 4.69) is 10.3 Å². The molecule has 120 valence electrons. The van der Waals surface area contributed by atoms with Gasteiger partial charge in [0, 0.05) is 18.4 Å². The molecular weight excluding hydrogens is 298 g/mol. The molecule has 1 aliphatic rings. The molecule has 22 heavy (non-hydrogen) atoms. The minimum Gasteiger partial charge on any atom is -0.321 e. The van der Waals surface area contributed by atoms with Crippen molar-refractivity contribution in [1.29, 1.82) is 0 Å². The molecule has 1 aromatic heterocycles. The lowest BCUT2D eigenvalue weighted by molar-refractivity contribution is -0.137. The molecule has 1 aromatic rings. The molecule has 1 N–H and O–H groups in total. The molecule has 2 heterocycles. The first-order valence-corrected chi connectivity index (χ1v) is 8.53. The smallest absolute Gasteiger partial charge is 0.249 e. The third kappa shape index (κ3) is 4.22. The van der Waals surface area contributed by atoms with Gasteiger partial charge in [-0.15, -0.1) is 11.8 Å². The molecule has 1 aliphatic heterocycles. The van der Waals surface area contributed by atoms with Crippen LogP contribution in [0.2, 0.25) is 0 Å². The summed E-state index contributed by atoms with van der Waals surface area (Å²) >= 11 is 1.61. The number of aromatic nitrogens is 1. The summed E-state index contributed by atoms with van der Waals surface area (Å²) in [6.45, 7) is 7.98. The van der Waals surface area contributed by atoms with Crippen LogP contribution in [-0.2, 0) is 9.59 Å². The summed E-state index contributed by atoms with van der Waals surface area (Å²) in [7, 11) is 0. The molecule has 2 amide bonds. The standard InChI is InChI=1S/C16H23N3O2S/c1-11-6-5-7-17-14(11)18-15(21)12-9-22-10-19(12)13(20)8-16(2,3)4/h5-7,12H,8-10H2,1-4H3,(H,17,18,21)/t12-/m0/s1. The fourth-order valence-electron chi connectivity index (χ4n) is 2.28. The second-order valence-electron chi connectivity index (χ2n) is 6.77. The first-order chi connectivity index (χ1) is 10.3. The quantitative estimate of drug-likeness (QED) is 0.930. The first-order valence-electron chi connectivity index (χ1n) is 7.37. The number of carbonyl (C=O) groups excluding carboxylic acids is 2. The van der Waals surface area contributed by atoms with E-state index in [1.807, 2.05) is 39.8 Å². The van der Waals surface area contributed by atoms with E-state index >= 15 is 0 Å². The normalized spacial score (nSPS) is 18.4. The SMILES string of the molecule is Cc1cccnc1NC(=O)[C@@H]1CSCN1C(=O)CC(C)(C)C. The fourth-order valence-corrected chi connectivity index (χ4v) is 3.46. The van der Waals surface area contributed by atoms with Gasteiger partial charge in [-0.05, 0) is 24.0 Å². The molecule has 2 rings (SSSR count). The van der Waals surface area contributed by atoms with E-state index in [1.54, 1.807) is 22.9 Å². The van der Waals surface area contributed by atoms with Gasteiger partial charge in [-0.1, -0.05) is 26.8 Å². The number of nitrogens with one attached hydrogen (secondary N) is 1. The van der Waals surface area contributed by atoms with E-state index in [0.717, 1.165) is 5.56 Å². The van der Waals surface area contributed by atoms with Crippen molar-refractivity contribution in [3.63, 3.8) is 0 Å². The second-order valence-corrected chi connectivity index (χ2v) is 7.77. The highest BCUT2D eigenvalue weighted by Crippen LogP contribution is 2.27. The van der Waals surface area contributed by atoms with Crippen LogP contribution in [0.4, 0.5) is 5.82 Å². The predicted molar refractivity (Wildman–Crippen MR) is 89.6 cm³/mol. The van der Waals surface area contributed by atoms with Gasteiger partial charge in [0.1, 0.15) is 11.9 Å². The van der Waals surface area contributed by atoms with Gasteiger partial charge in [0.05, 0.1) is 5.88 Å². The van der Waals surface area contributed by atoms with E-state index < -0.39 is 6.04 Å². The Balaban J connectivity index is 2.05. The maximum Gasteiger partial charge on any atom is 0.249 e. The Labute approximate surface area is 135 Å². The lowest BCUT2D eigenvalue weighted by atomic mass is 9.91. The van der Waals surface area contributed by atoms with Gasteiger partial charge in [-0.25, -0.2) is 4.98 Å². The zero-order chi connectivity index (χ0) is 16.3. The zero-order valence-corrected chi connectivity index (χ0v) is 14.4. The number of hydrogen-bond acceptors (Lipinski definition) is 4. The van der Waals surface area contributed by atoms with E-state index in [9.17, 15) is 9.59 Å². The number of anilines is 1. The van der Waals surface area contributed by atoms with Gasteiger partial charge in [0.15, 0.2) is 0 Å². The van der Waals surface area contributed by atoms with Crippen LogP contribution in [0.3, 0.4) is 0 Å². The molecule has 6 heteroatoms. The Hall–Kier alpha value is -1.56. The Morgan fingerprint density at radius 1 is 1.45 bits per heavy atom. The second kappa shape index (κ2) is 6.69. The predicted octanol–water partition coefficient (Wildman–Crippen LogP) is 2.67. The van der Waals surface area contributed by atoms with E-state index in [4.69, 9.17) is 0 Å². The van der Waals surface area contributed by atoms with Crippen molar-refractivity contribution in [2.24, 2.45) is 5.41 Å². The summed E-state index contributed by atoms with van der Waals surface area (Å²) in [6, 6.07) is 3.31. The van der Waals surface area contributed by atoms with Crippen molar-refractivity contribution in [2.75, 3.05) is 16.9 Å². The average Bonchev–Trinajstić information content (AvgIpc) is 2.89. The number of amides is 2. The lowest BCUT2D eigenvalue weighted by Crippen LogP contribution is -2.45. The van der Waals surface area contributed by atoms with E-state index in [1.165, 1.54) is 0 Å².